The van der Waals surface area contributed by atoms with Crippen LogP contribution >= 0.6 is 0 Å². The van der Waals surface area contributed by atoms with Gasteiger partial charge in [0.15, 0.2) is 0 Å². The third-order valence-electron chi connectivity index (χ3n) is 6.11. The Morgan fingerprint density at radius 3 is 2.50 bits per heavy atom. The van der Waals surface area contributed by atoms with Crippen LogP contribution in [0.1, 0.15) is 40.4 Å². The number of amides is 1. The van der Waals surface area contributed by atoms with E-state index in [1.807, 2.05) is 18.2 Å². The highest BCUT2D eigenvalue weighted by Gasteiger charge is 2.23. The Morgan fingerprint density at radius 2 is 1.78 bits per heavy atom. The molecule has 1 aliphatic rings. The van der Waals surface area contributed by atoms with Gasteiger partial charge in [-0.25, -0.2) is 4.98 Å². The molecule has 1 saturated heterocycles. The number of para-hydroxylation sites is 2. The summed E-state index contributed by atoms with van der Waals surface area (Å²) in [5.41, 5.74) is 9.51. The molecule has 0 aliphatic carbocycles. The van der Waals surface area contributed by atoms with Gasteiger partial charge >= 0.3 is 0 Å². The van der Waals surface area contributed by atoms with Crippen LogP contribution in [-0.2, 0) is 6.42 Å². The maximum Gasteiger partial charge on any atom is 0.259 e. The zero-order valence-electron chi connectivity index (χ0n) is 18.5. The van der Waals surface area contributed by atoms with E-state index in [-0.39, 0.29) is 11.7 Å². The second-order valence-corrected chi connectivity index (χ2v) is 8.17. The fourth-order valence-corrected chi connectivity index (χ4v) is 4.23. The molecule has 4 rings (SSSR count). The predicted molar refractivity (Wildman–Crippen MR) is 128 cm³/mol. The minimum atomic E-state index is -0.290. The standard InChI is InChI=1S/C26H30N4O2/c1-32-24-10-6-5-9-23(24)29-26(31)21-11-12-22(28-25(21)27)20-14-17-30(18-15-20)16-13-19-7-3-2-4-8-19/h2-12,20H,13-18H2,1H3,(H2,27,28)(H,29,31). The molecule has 6 nitrogen and oxygen atoms in total. The van der Waals surface area contributed by atoms with Crippen molar-refractivity contribution in [3.8, 4) is 5.75 Å². The van der Waals surface area contributed by atoms with Crippen LogP contribution in [0.5, 0.6) is 5.75 Å². The lowest BCUT2D eigenvalue weighted by Gasteiger charge is -2.31. The SMILES string of the molecule is COc1ccccc1NC(=O)c1ccc(C2CCN(CCc3ccccc3)CC2)nc1N. The van der Waals surface area contributed by atoms with E-state index in [4.69, 9.17) is 10.5 Å². The average molecular weight is 431 g/mol. The Bertz CT molecular complexity index is 1050. The van der Waals surface area contributed by atoms with Crippen LogP contribution in [0.15, 0.2) is 66.7 Å². The molecule has 0 bridgehead atoms. The number of pyridine rings is 1. The number of methoxy groups -OCH3 is 1. The molecule has 0 spiro atoms. The van der Waals surface area contributed by atoms with E-state index in [1.54, 1.807) is 25.3 Å². The number of likely N-dealkylation sites (tertiary alicyclic amines) is 1. The van der Waals surface area contributed by atoms with E-state index in [9.17, 15) is 4.79 Å². The van der Waals surface area contributed by atoms with Crippen molar-refractivity contribution in [2.24, 2.45) is 0 Å². The summed E-state index contributed by atoms with van der Waals surface area (Å²) in [4.78, 5) is 19.8. The topological polar surface area (TPSA) is 80.5 Å². The molecule has 1 fully saturated rings. The van der Waals surface area contributed by atoms with Crippen molar-refractivity contribution in [1.82, 2.24) is 9.88 Å². The van der Waals surface area contributed by atoms with Gasteiger partial charge in [0.1, 0.15) is 11.6 Å². The van der Waals surface area contributed by atoms with E-state index in [0.717, 1.165) is 44.6 Å². The van der Waals surface area contributed by atoms with Gasteiger partial charge in [-0.3, -0.25) is 4.79 Å². The van der Waals surface area contributed by atoms with Gasteiger partial charge in [0, 0.05) is 18.2 Å². The number of carbonyl (C=O) groups excluding carboxylic acids is 1. The summed E-state index contributed by atoms with van der Waals surface area (Å²) in [5.74, 6) is 0.947. The first-order valence-electron chi connectivity index (χ1n) is 11.1. The number of nitrogens with one attached hydrogen (secondary N) is 1. The molecule has 1 amide bonds. The molecule has 1 aromatic heterocycles. The molecule has 0 radical (unpaired) electrons. The summed E-state index contributed by atoms with van der Waals surface area (Å²) >= 11 is 0. The van der Waals surface area contributed by atoms with Gasteiger partial charge in [-0.15, -0.1) is 0 Å². The van der Waals surface area contributed by atoms with Crippen molar-refractivity contribution in [1.29, 1.82) is 0 Å². The van der Waals surface area contributed by atoms with Gasteiger partial charge in [-0.1, -0.05) is 42.5 Å². The van der Waals surface area contributed by atoms with Crippen LogP contribution in [0.3, 0.4) is 0 Å². The zero-order valence-corrected chi connectivity index (χ0v) is 18.5. The predicted octanol–water partition coefficient (Wildman–Crippen LogP) is 4.35. The first-order chi connectivity index (χ1) is 15.6. The number of anilines is 2. The number of rotatable bonds is 7. The number of ether oxygens (including phenoxy) is 1. The number of hydrogen-bond donors (Lipinski definition) is 2. The van der Waals surface area contributed by atoms with Crippen LogP contribution in [0.2, 0.25) is 0 Å². The summed E-state index contributed by atoms with van der Waals surface area (Å²) < 4.78 is 5.30. The number of hydrogen-bond acceptors (Lipinski definition) is 5. The van der Waals surface area contributed by atoms with Gasteiger partial charge < -0.3 is 20.7 Å². The number of carbonyl (C=O) groups is 1. The van der Waals surface area contributed by atoms with Gasteiger partial charge in [-0.2, -0.15) is 0 Å². The number of nitrogen functional groups attached to an aromatic ring is 1. The summed E-state index contributed by atoms with van der Waals surface area (Å²) in [7, 11) is 1.57. The molecule has 32 heavy (non-hydrogen) atoms. The maximum atomic E-state index is 12.7. The fourth-order valence-electron chi connectivity index (χ4n) is 4.23. The highest BCUT2D eigenvalue weighted by Crippen LogP contribution is 2.29. The monoisotopic (exact) mass is 430 g/mol. The Labute approximate surface area is 189 Å². The Morgan fingerprint density at radius 1 is 1.06 bits per heavy atom. The van der Waals surface area contributed by atoms with Crippen molar-refractivity contribution >= 4 is 17.4 Å². The largest absolute Gasteiger partial charge is 0.495 e. The lowest BCUT2D eigenvalue weighted by atomic mass is 9.92. The molecule has 0 unspecified atom stereocenters. The van der Waals surface area contributed by atoms with Crippen molar-refractivity contribution in [3.63, 3.8) is 0 Å². The van der Waals surface area contributed by atoms with Crippen LogP contribution in [0.4, 0.5) is 11.5 Å². The van der Waals surface area contributed by atoms with Crippen molar-refractivity contribution in [2.45, 2.75) is 25.2 Å². The smallest absolute Gasteiger partial charge is 0.259 e. The molecule has 3 aromatic rings. The zero-order chi connectivity index (χ0) is 22.3. The highest BCUT2D eigenvalue weighted by atomic mass is 16.5. The van der Waals surface area contributed by atoms with E-state index in [2.05, 4.69) is 45.5 Å². The number of nitrogens with zero attached hydrogens (tertiary/aromatic N) is 2. The lowest BCUT2D eigenvalue weighted by Crippen LogP contribution is -2.34. The van der Waals surface area contributed by atoms with Crippen molar-refractivity contribution in [3.05, 3.63) is 83.6 Å². The molecule has 1 aliphatic heterocycles. The van der Waals surface area contributed by atoms with Crippen LogP contribution in [0, 0.1) is 0 Å². The molecule has 2 aromatic carbocycles. The molecule has 2 heterocycles. The average Bonchev–Trinajstić information content (AvgIpc) is 2.84. The summed E-state index contributed by atoms with van der Waals surface area (Å²) in [6.45, 7) is 3.18. The normalized spacial score (nSPS) is 14.8. The molecular formula is C26H30N4O2. The molecular weight excluding hydrogens is 400 g/mol. The maximum absolute atomic E-state index is 12.7. The number of benzene rings is 2. The van der Waals surface area contributed by atoms with Crippen molar-refractivity contribution in [2.75, 3.05) is 37.8 Å². The van der Waals surface area contributed by atoms with Gasteiger partial charge in [0.05, 0.1) is 18.4 Å². The second kappa shape index (κ2) is 10.3. The Kier molecular flexibility index (Phi) is 7.02. The van der Waals surface area contributed by atoms with Gasteiger partial charge in [0.25, 0.3) is 5.91 Å². The second-order valence-electron chi connectivity index (χ2n) is 8.17. The molecule has 166 valence electrons. The third kappa shape index (κ3) is 5.26. The minimum absolute atomic E-state index is 0.265. The lowest BCUT2D eigenvalue weighted by molar-refractivity contribution is 0.102. The van der Waals surface area contributed by atoms with E-state index >= 15 is 0 Å². The number of piperidine rings is 1. The van der Waals surface area contributed by atoms with Crippen LogP contribution in [-0.4, -0.2) is 42.5 Å². The molecule has 0 atom stereocenters. The Balaban J connectivity index is 1.34. The fraction of sp³-hybridized carbons (Fsp3) is 0.308. The van der Waals surface area contributed by atoms with E-state index in [0.29, 0.717) is 22.9 Å². The van der Waals surface area contributed by atoms with Crippen LogP contribution in [0.25, 0.3) is 0 Å². The number of nitrogens with two attached hydrogens (primary N) is 1. The highest BCUT2D eigenvalue weighted by molar-refractivity contribution is 6.07. The number of aromatic nitrogens is 1. The molecule has 3 N–H and O–H groups in total. The van der Waals surface area contributed by atoms with Gasteiger partial charge in [0.2, 0.25) is 0 Å². The third-order valence-corrected chi connectivity index (χ3v) is 6.11. The van der Waals surface area contributed by atoms with Crippen LogP contribution < -0.4 is 15.8 Å². The van der Waals surface area contributed by atoms with E-state index in [1.165, 1.54) is 5.56 Å². The summed E-state index contributed by atoms with van der Waals surface area (Å²) in [6, 6.07) is 21.6. The van der Waals surface area contributed by atoms with E-state index < -0.39 is 0 Å². The summed E-state index contributed by atoms with van der Waals surface area (Å²) in [5, 5.41) is 2.86. The summed E-state index contributed by atoms with van der Waals surface area (Å²) in [6.07, 6.45) is 3.18. The first kappa shape index (κ1) is 21.8. The Hall–Kier alpha value is -3.38. The van der Waals surface area contributed by atoms with Crippen molar-refractivity contribution < 1.29 is 9.53 Å². The first-order valence-corrected chi connectivity index (χ1v) is 11.1. The quantitative estimate of drug-likeness (QED) is 0.583. The molecule has 0 saturated carbocycles. The molecule has 6 heteroatoms. The minimum Gasteiger partial charge on any atom is -0.495 e. The van der Waals surface area contributed by atoms with Gasteiger partial charge in [-0.05, 0) is 62.2 Å².